The summed E-state index contributed by atoms with van der Waals surface area (Å²) in [6, 6.07) is 10.0. The van der Waals surface area contributed by atoms with Gasteiger partial charge in [-0.25, -0.2) is 0 Å². The van der Waals surface area contributed by atoms with Crippen LogP contribution in [0, 0.1) is 13.8 Å². The molecular formula is C16H17NO2. The first kappa shape index (κ1) is 13.3. The average Bonchev–Trinajstić information content (AvgIpc) is 2.37. The van der Waals surface area contributed by atoms with Crippen LogP contribution >= 0.6 is 0 Å². The van der Waals surface area contributed by atoms with Gasteiger partial charge in [-0.15, -0.1) is 0 Å². The highest BCUT2D eigenvalue weighted by Gasteiger charge is 2.08. The van der Waals surface area contributed by atoms with E-state index in [-0.39, 0.29) is 6.42 Å². The molecule has 0 spiro atoms. The molecule has 3 heteroatoms. The second-order valence-electron chi connectivity index (χ2n) is 4.71. The van der Waals surface area contributed by atoms with Crippen LogP contribution in [-0.4, -0.2) is 16.1 Å². The maximum Gasteiger partial charge on any atom is 0.303 e. The minimum atomic E-state index is -0.773. The molecule has 0 bridgehead atoms. The molecule has 0 radical (unpaired) electrons. The Hall–Kier alpha value is -2.16. The van der Waals surface area contributed by atoms with Crippen LogP contribution in [0.3, 0.4) is 0 Å². The average molecular weight is 255 g/mol. The van der Waals surface area contributed by atoms with Crippen molar-refractivity contribution in [3.8, 4) is 11.3 Å². The fraction of sp³-hybridized carbons (Fsp3) is 0.250. The summed E-state index contributed by atoms with van der Waals surface area (Å²) in [6.45, 7) is 4.13. The van der Waals surface area contributed by atoms with E-state index in [2.05, 4.69) is 31.0 Å². The maximum atomic E-state index is 10.6. The Kier molecular flexibility index (Phi) is 3.95. The van der Waals surface area contributed by atoms with Gasteiger partial charge in [-0.1, -0.05) is 18.2 Å². The van der Waals surface area contributed by atoms with Crippen molar-refractivity contribution in [3.05, 3.63) is 53.2 Å². The molecule has 2 rings (SSSR count). The third kappa shape index (κ3) is 3.19. The molecule has 0 aliphatic carbocycles. The minimum Gasteiger partial charge on any atom is -0.481 e. The summed E-state index contributed by atoms with van der Waals surface area (Å²) in [4.78, 5) is 15.0. The molecule has 19 heavy (non-hydrogen) atoms. The topological polar surface area (TPSA) is 50.2 Å². The summed E-state index contributed by atoms with van der Waals surface area (Å²) in [6.07, 6.45) is 2.43. The van der Waals surface area contributed by atoms with Crippen LogP contribution in [0.5, 0.6) is 0 Å². The van der Waals surface area contributed by atoms with Gasteiger partial charge in [0.2, 0.25) is 0 Å². The molecular weight excluding hydrogens is 238 g/mol. The predicted octanol–water partition coefficient (Wildman–Crippen LogP) is 3.38. The van der Waals surface area contributed by atoms with Gasteiger partial charge in [0.05, 0.1) is 5.69 Å². The Labute approximate surface area is 112 Å². The molecule has 0 saturated heterocycles. The van der Waals surface area contributed by atoms with E-state index in [1.54, 1.807) is 6.20 Å². The molecule has 98 valence electrons. The number of nitrogens with zero attached hydrogens (tertiary/aromatic N) is 1. The van der Waals surface area contributed by atoms with Gasteiger partial charge >= 0.3 is 5.97 Å². The smallest absolute Gasteiger partial charge is 0.303 e. The van der Waals surface area contributed by atoms with Gasteiger partial charge in [-0.2, -0.15) is 0 Å². The molecule has 0 fully saturated rings. The van der Waals surface area contributed by atoms with Gasteiger partial charge in [0.15, 0.2) is 0 Å². The van der Waals surface area contributed by atoms with Gasteiger partial charge in [-0.05, 0) is 49.1 Å². The number of carbonyl (C=O) groups is 1. The van der Waals surface area contributed by atoms with Gasteiger partial charge in [0, 0.05) is 18.2 Å². The van der Waals surface area contributed by atoms with Crippen LogP contribution in [0.1, 0.15) is 23.1 Å². The van der Waals surface area contributed by atoms with E-state index >= 15 is 0 Å². The van der Waals surface area contributed by atoms with Gasteiger partial charge in [-0.3, -0.25) is 9.78 Å². The number of carboxylic acid groups (broad SMARTS) is 1. The first-order valence-electron chi connectivity index (χ1n) is 6.31. The van der Waals surface area contributed by atoms with E-state index in [0.29, 0.717) is 6.42 Å². The van der Waals surface area contributed by atoms with Gasteiger partial charge in [0.25, 0.3) is 0 Å². The van der Waals surface area contributed by atoms with E-state index < -0.39 is 5.97 Å². The summed E-state index contributed by atoms with van der Waals surface area (Å²) < 4.78 is 0. The number of carboxylic acids is 1. The largest absolute Gasteiger partial charge is 0.481 e. The number of aliphatic carboxylic acids is 1. The Morgan fingerprint density at radius 2 is 1.89 bits per heavy atom. The molecule has 0 atom stereocenters. The molecule has 0 saturated carbocycles. The maximum absolute atomic E-state index is 10.6. The number of hydrogen-bond donors (Lipinski definition) is 1. The second kappa shape index (κ2) is 5.65. The number of hydrogen-bond acceptors (Lipinski definition) is 2. The Bertz CT molecular complexity index is 585. The predicted molar refractivity (Wildman–Crippen MR) is 75.1 cm³/mol. The Morgan fingerprint density at radius 1 is 1.21 bits per heavy atom. The van der Waals surface area contributed by atoms with Crippen molar-refractivity contribution in [3.63, 3.8) is 0 Å². The van der Waals surface area contributed by atoms with Crippen molar-refractivity contribution in [1.29, 1.82) is 0 Å². The SMILES string of the molecule is Cc1cccc(C)c1-c1cc(CCC(=O)O)ccn1. The third-order valence-electron chi connectivity index (χ3n) is 3.19. The molecule has 0 amide bonds. The molecule has 1 heterocycles. The molecule has 0 aliphatic rings. The molecule has 0 aliphatic heterocycles. The van der Waals surface area contributed by atoms with Gasteiger partial charge < -0.3 is 5.11 Å². The molecule has 0 unspecified atom stereocenters. The summed E-state index contributed by atoms with van der Waals surface area (Å²) in [7, 11) is 0. The number of aromatic nitrogens is 1. The zero-order valence-electron chi connectivity index (χ0n) is 11.2. The first-order chi connectivity index (χ1) is 9.08. The van der Waals surface area contributed by atoms with E-state index in [1.165, 1.54) is 11.1 Å². The number of rotatable bonds is 4. The normalized spacial score (nSPS) is 10.4. The number of pyridine rings is 1. The summed E-state index contributed by atoms with van der Waals surface area (Å²) in [5.74, 6) is -0.773. The zero-order chi connectivity index (χ0) is 13.8. The highest BCUT2D eigenvalue weighted by molar-refractivity contribution is 5.69. The standard InChI is InChI=1S/C16H17NO2/c1-11-4-3-5-12(2)16(11)14-10-13(8-9-17-14)6-7-15(18)19/h3-5,8-10H,6-7H2,1-2H3,(H,18,19). The van der Waals surface area contributed by atoms with Crippen molar-refractivity contribution in [2.75, 3.05) is 0 Å². The quantitative estimate of drug-likeness (QED) is 0.911. The van der Waals surface area contributed by atoms with Crippen LogP contribution < -0.4 is 0 Å². The Morgan fingerprint density at radius 3 is 2.53 bits per heavy atom. The van der Waals surface area contributed by atoms with E-state index in [9.17, 15) is 4.79 Å². The number of aryl methyl sites for hydroxylation is 3. The molecule has 1 aromatic carbocycles. The zero-order valence-corrected chi connectivity index (χ0v) is 11.2. The summed E-state index contributed by atoms with van der Waals surface area (Å²) in [5.41, 5.74) is 5.43. The van der Waals surface area contributed by atoms with Crippen LogP contribution in [0.25, 0.3) is 11.3 Å². The van der Waals surface area contributed by atoms with Crippen molar-refractivity contribution >= 4 is 5.97 Å². The van der Waals surface area contributed by atoms with Crippen LogP contribution in [0.2, 0.25) is 0 Å². The third-order valence-corrected chi connectivity index (χ3v) is 3.19. The lowest BCUT2D eigenvalue weighted by Crippen LogP contribution is -1.98. The fourth-order valence-electron chi connectivity index (χ4n) is 2.24. The van der Waals surface area contributed by atoms with E-state index in [4.69, 9.17) is 5.11 Å². The fourth-order valence-corrected chi connectivity index (χ4v) is 2.24. The molecule has 3 nitrogen and oxygen atoms in total. The monoisotopic (exact) mass is 255 g/mol. The molecule has 2 aromatic rings. The van der Waals surface area contributed by atoms with Crippen LogP contribution in [0.15, 0.2) is 36.5 Å². The first-order valence-corrected chi connectivity index (χ1v) is 6.31. The highest BCUT2D eigenvalue weighted by Crippen LogP contribution is 2.26. The lowest BCUT2D eigenvalue weighted by atomic mass is 9.98. The van der Waals surface area contributed by atoms with E-state index in [1.807, 2.05) is 18.2 Å². The summed E-state index contributed by atoms with van der Waals surface area (Å²) in [5, 5.41) is 8.73. The van der Waals surface area contributed by atoms with Gasteiger partial charge in [0.1, 0.15) is 0 Å². The Balaban J connectivity index is 2.35. The van der Waals surface area contributed by atoms with Crippen molar-refractivity contribution in [2.45, 2.75) is 26.7 Å². The van der Waals surface area contributed by atoms with Crippen molar-refractivity contribution < 1.29 is 9.90 Å². The van der Waals surface area contributed by atoms with Crippen molar-refractivity contribution in [2.24, 2.45) is 0 Å². The van der Waals surface area contributed by atoms with Crippen molar-refractivity contribution in [1.82, 2.24) is 4.98 Å². The molecule has 1 N–H and O–H groups in total. The summed E-state index contributed by atoms with van der Waals surface area (Å²) >= 11 is 0. The number of benzene rings is 1. The van der Waals surface area contributed by atoms with E-state index in [0.717, 1.165) is 16.8 Å². The second-order valence-corrected chi connectivity index (χ2v) is 4.71. The minimum absolute atomic E-state index is 0.149. The van der Waals surface area contributed by atoms with Crippen LogP contribution in [0.4, 0.5) is 0 Å². The lowest BCUT2D eigenvalue weighted by molar-refractivity contribution is -0.136. The lowest BCUT2D eigenvalue weighted by Gasteiger charge is -2.10. The highest BCUT2D eigenvalue weighted by atomic mass is 16.4. The molecule has 1 aromatic heterocycles. The van der Waals surface area contributed by atoms with Crippen LogP contribution in [-0.2, 0) is 11.2 Å².